The Labute approximate surface area is 160 Å². The first-order chi connectivity index (χ1) is 13.4. The fourth-order valence-corrected chi connectivity index (χ4v) is 2.87. The van der Waals surface area contributed by atoms with Crippen molar-refractivity contribution in [2.24, 2.45) is 0 Å². The van der Waals surface area contributed by atoms with Gasteiger partial charge in [0.05, 0.1) is 12.3 Å². The van der Waals surface area contributed by atoms with Crippen LogP contribution in [0.4, 0.5) is 35.3 Å². The van der Waals surface area contributed by atoms with Gasteiger partial charge in [0.2, 0.25) is 0 Å². The van der Waals surface area contributed by atoms with Crippen LogP contribution >= 0.6 is 0 Å². The number of ether oxygens (including phenoxy) is 1. The molecule has 1 aromatic heterocycles. The van der Waals surface area contributed by atoms with Crippen LogP contribution < -0.4 is 10.2 Å². The van der Waals surface area contributed by atoms with Crippen LogP contribution in [0.25, 0.3) is 0 Å². The van der Waals surface area contributed by atoms with Gasteiger partial charge in [0.1, 0.15) is 17.5 Å². The molecule has 1 fully saturated rings. The highest BCUT2D eigenvalue weighted by Gasteiger charge is 2.23. The predicted octanol–water partition coefficient (Wildman–Crippen LogP) is 3.22. The number of hydrogen-bond donors (Lipinski definition) is 1. The number of halogens is 3. The van der Waals surface area contributed by atoms with Gasteiger partial charge >= 0.3 is 6.09 Å². The van der Waals surface area contributed by atoms with Gasteiger partial charge in [0.15, 0.2) is 17.5 Å². The van der Waals surface area contributed by atoms with Crippen molar-refractivity contribution in [1.82, 2.24) is 14.9 Å². The van der Waals surface area contributed by atoms with E-state index in [-0.39, 0.29) is 17.6 Å². The second kappa shape index (κ2) is 8.32. The smallest absolute Gasteiger partial charge is 0.409 e. The number of amides is 1. The largest absolute Gasteiger partial charge is 0.450 e. The average molecular weight is 395 g/mol. The van der Waals surface area contributed by atoms with E-state index >= 15 is 0 Å². The molecule has 2 aromatic rings. The molecule has 1 aromatic carbocycles. The third-order valence-electron chi connectivity index (χ3n) is 4.25. The summed E-state index contributed by atoms with van der Waals surface area (Å²) in [4.78, 5) is 23.9. The summed E-state index contributed by atoms with van der Waals surface area (Å²) in [5, 5.41) is 2.66. The summed E-state index contributed by atoms with van der Waals surface area (Å²) in [6.07, 6.45) is -0.350. The van der Waals surface area contributed by atoms with Crippen LogP contribution in [-0.4, -0.2) is 53.7 Å². The zero-order chi connectivity index (χ0) is 20.3. The normalized spacial score (nSPS) is 14.2. The van der Waals surface area contributed by atoms with Gasteiger partial charge in [-0.3, -0.25) is 0 Å². The predicted molar refractivity (Wildman–Crippen MR) is 97.2 cm³/mol. The topological polar surface area (TPSA) is 70.6 Å². The molecule has 0 bridgehead atoms. The van der Waals surface area contributed by atoms with Crippen molar-refractivity contribution < 1.29 is 22.7 Å². The van der Waals surface area contributed by atoms with Crippen molar-refractivity contribution >= 4 is 23.4 Å². The van der Waals surface area contributed by atoms with Crippen LogP contribution in [0.15, 0.2) is 18.2 Å². The molecule has 2 heterocycles. The minimum absolute atomic E-state index is 0.227. The highest BCUT2D eigenvalue weighted by Crippen LogP contribution is 2.25. The molecular weight excluding hydrogens is 375 g/mol. The van der Waals surface area contributed by atoms with E-state index in [1.165, 1.54) is 0 Å². The molecule has 1 aliphatic rings. The number of hydrogen-bond acceptors (Lipinski definition) is 6. The van der Waals surface area contributed by atoms with Crippen molar-refractivity contribution in [3.05, 3.63) is 41.5 Å². The summed E-state index contributed by atoms with van der Waals surface area (Å²) < 4.78 is 45.4. The fraction of sp³-hybridized carbons (Fsp3) is 0.389. The molecule has 7 nitrogen and oxygen atoms in total. The molecule has 1 amide bonds. The molecule has 28 heavy (non-hydrogen) atoms. The number of anilines is 3. The summed E-state index contributed by atoms with van der Waals surface area (Å²) in [5.41, 5.74) is -0.227. The molecule has 0 aliphatic carbocycles. The van der Waals surface area contributed by atoms with E-state index in [0.29, 0.717) is 44.4 Å². The number of nitrogens with one attached hydrogen (secondary N) is 1. The second-order valence-electron chi connectivity index (χ2n) is 6.18. The van der Waals surface area contributed by atoms with E-state index in [1.54, 1.807) is 24.8 Å². The van der Waals surface area contributed by atoms with E-state index in [9.17, 15) is 18.0 Å². The van der Waals surface area contributed by atoms with Crippen LogP contribution in [0.3, 0.4) is 0 Å². The standard InChI is InChI=1S/C18H20F3N5O2/c1-3-28-18(27)26-8-6-25(7-9-26)15-10-14(22-11(2)23-15)24-13-5-4-12(19)16(20)17(13)21/h4-5,10H,3,6-9H2,1-2H3,(H,22,23,24). The van der Waals surface area contributed by atoms with Gasteiger partial charge in [0, 0.05) is 32.2 Å². The van der Waals surface area contributed by atoms with Gasteiger partial charge < -0.3 is 19.9 Å². The summed E-state index contributed by atoms with van der Waals surface area (Å²) in [6.45, 7) is 5.76. The van der Waals surface area contributed by atoms with Crippen LogP contribution in [-0.2, 0) is 4.74 Å². The first-order valence-electron chi connectivity index (χ1n) is 8.82. The minimum atomic E-state index is -1.55. The van der Waals surface area contributed by atoms with Crippen LogP contribution in [0.1, 0.15) is 12.7 Å². The number of nitrogens with zero attached hydrogens (tertiary/aromatic N) is 4. The van der Waals surface area contributed by atoms with Crippen LogP contribution in [0.2, 0.25) is 0 Å². The fourth-order valence-electron chi connectivity index (χ4n) is 2.87. The number of piperazine rings is 1. The monoisotopic (exact) mass is 395 g/mol. The number of aromatic nitrogens is 2. The Kier molecular flexibility index (Phi) is 5.86. The van der Waals surface area contributed by atoms with E-state index in [0.717, 1.165) is 12.1 Å². The number of benzene rings is 1. The number of rotatable bonds is 4. The molecule has 1 saturated heterocycles. The zero-order valence-electron chi connectivity index (χ0n) is 15.5. The molecule has 0 unspecified atom stereocenters. The Bertz CT molecular complexity index is 873. The third-order valence-corrected chi connectivity index (χ3v) is 4.25. The van der Waals surface area contributed by atoms with Crippen molar-refractivity contribution in [3.63, 3.8) is 0 Å². The zero-order valence-corrected chi connectivity index (χ0v) is 15.5. The Hall–Kier alpha value is -3.04. The van der Waals surface area contributed by atoms with E-state index < -0.39 is 17.5 Å². The number of aryl methyl sites for hydroxylation is 1. The Morgan fingerprint density at radius 3 is 2.54 bits per heavy atom. The maximum absolute atomic E-state index is 13.9. The summed E-state index contributed by atoms with van der Waals surface area (Å²) in [5.74, 6) is -2.87. The average Bonchev–Trinajstić information content (AvgIpc) is 2.68. The quantitative estimate of drug-likeness (QED) is 0.802. The van der Waals surface area contributed by atoms with Crippen LogP contribution in [0, 0.1) is 24.4 Å². The van der Waals surface area contributed by atoms with Gasteiger partial charge in [-0.2, -0.15) is 0 Å². The van der Waals surface area contributed by atoms with Gasteiger partial charge in [-0.1, -0.05) is 0 Å². The van der Waals surface area contributed by atoms with Crippen molar-refractivity contribution in [2.45, 2.75) is 13.8 Å². The first kappa shape index (κ1) is 19.7. The van der Waals surface area contributed by atoms with Gasteiger partial charge in [-0.05, 0) is 26.0 Å². The second-order valence-corrected chi connectivity index (χ2v) is 6.18. The number of carbonyl (C=O) groups excluding carboxylic acids is 1. The molecule has 1 aliphatic heterocycles. The van der Waals surface area contributed by atoms with Gasteiger partial charge in [-0.15, -0.1) is 0 Å². The van der Waals surface area contributed by atoms with Crippen LogP contribution in [0.5, 0.6) is 0 Å². The highest BCUT2D eigenvalue weighted by molar-refractivity contribution is 5.68. The minimum Gasteiger partial charge on any atom is -0.450 e. The molecule has 0 spiro atoms. The van der Waals surface area contributed by atoms with Crippen molar-refractivity contribution in [2.75, 3.05) is 43.0 Å². The maximum Gasteiger partial charge on any atom is 0.409 e. The number of carbonyl (C=O) groups is 1. The molecule has 0 radical (unpaired) electrons. The lowest BCUT2D eigenvalue weighted by molar-refractivity contribution is 0.105. The Morgan fingerprint density at radius 1 is 1.14 bits per heavy atom. The van der Waals surface area contributed by atoms with Crippen molar-refractivity contribution in [3.8, 4) is 0 Å². The molecule has 0 saturated carbocycles. The summed E-state index contributed by atoms with van der Waals surface area (Å²) in [6, 6.07) is 3.53. The molecule has 3 rings (SSSR count). The molecule has 150 valence electrons. The Morgan fingerprint density at radius 2 is 1.86 bits per heavy atom. The summed E-state index contributed by atoms with van der Waals surface area (Å²) >= 11 is 0. The van der Waals surface area contributed by atoms with Gasteiger partial charge in [0.25, 0.3) is 0 Å². The first-order valence-corrected chi connectivity index (χ1v) is 8.82. The molecular formula is C18H20F3N5O2. The maximum atomic E-state index is 13.9. The summed E-state index contributed by atoms with van der Waals surface area (Å²) in [7, 11) is 0. The molecule has 10 heteroatoms. The third kappa shape index (κ3) is 4.26. The van der Waals surface area contributed by atoms with Gasteiger partial charge in [-0.25, -0.2) is 27.9 Å². The lowest BCUT2D eigenvalue weighted by atomic mass is 10.2. The SMILES string of the molecule is CCOC(=O)N1CCN(c2cc(Nc3ccc(F)c(F)c3F)nc(C)n2)CC1. The lowest BCUT2D eigenvalue weighted by Crippen LogP contribution is -2.49. The lowest BCUT2D eigenvalue weighted by Gasteiger charge is -2.34. The molecule has 0 atom stereocenters. The highest BCUT2D eigenvalue weighted by atomic mass is 19.2. The van der Waals surface area contributed by atoms with Crippen molar-refractivity contribution in [1.29, 1.82) is 0 Å². The van der Waals surface area contributed by atoms with E-state index in [4.69, 9.17) is 4.74 Å². The molecule has 1 N–H and O–H groups in total. The van der Waals surface area contributed by atoms with E-state index in [2.05, 4.69) is 15.3 Å². The Balaban J connectivity index is 1.74. The van der Waals surface area contributed by atoms with E-state index in [1.807, 2.05) is 4.90 Å².